The second kappa shape index (κ2) is 4.46. The van der Waals surface area contributed by atoms with E-state index in [9.17, 15) is 4.79 Å². The molecule has 1 aliphatic heterocycles. The molecule has 1 unspecified atom stereocenters. The number of rotatable bonds is 2. The van der Waals surface area contributed by atoms with Crippen molar-refractivity contribution in [1.29, 1.82) is 0 Å². The normalized spacial score (nSPS) is 21.2. The average Bonchev–Trinajstić information content (AvgIpc) is 2.71. The molecule has 3 rings (SSSR count). The van der Waals surface area contributed by atoms with Crippen molar-refractivity contribution in [2.24, 2.45) is 18.0 Å². The number of dihydropyridines is 1. The third kappa shape index (κ3) is 2.10. The second-order valence-corrected chi connectivity index (χ2v) is 4.86. The molecule has 4 heteroatoms. The van der Waals surface area contributed by atoms with Crippen LogP contribution in [0.15, 0.2) is 47.1 Å². The lowest BCUT2D eigenvalue weighted by Gasteiger charge is -2.18. The number of hydrogen-bond acceptors (Lipinski definition) is 2. The van der Waals surface area contributed by atoms with Crippen LogP contribution in [0.25, 0.3) is 0 Å². The Balaban J connectivity index is 1.88. The van der Waals surface area contributed by atoms with Gasteiger partial charge in [-0.1, -0.05) is 24.3 Å². The third-order valence-corrected chi connectivity index (χ3v) is 3.64. The smallest absolute Gasteiger partial charge is 0.273 e. The molecule has 0 N–H and O–H groups in total. The maximum atomic E-state index is 12.0. The summed E-state index contributed by atoms with van der Waals surface area (Å²) in [6, 6.07) is 0. The predicted octanol–water partition coefficient (Wildman–Crippen LogP) is 1.92. The number of fused-ring (bicyclic) bond motifs is 1. The van der Waals surface area contributed by atoms with Crippen LogP contribution >= 0.6 is 0 Å². The molecule has 0 fully saturated rings. The zero-order chi connectivity index (χ0) is 13.4. The van der Waals surface area contributed by atoms with E-state index in [1.54, 1.807) is 0 Å². The number of nitrogens with zero attached hydrogens (tertiary/aromatic N) is 3. The molecule has 0 bridgehead atoms. The summed E-state index contributed by atoms with van der Waals surface area (Å²) >= 11 is 0. The minimum atomic E-state index is -0.130. The maximum Gasteiger partial charge on any atom is 0.273 e. The van der Waals surface area contributed by atoms with Gasteiger partial charge >= 0.3 is 0 Å². The SMILES string of the molecule is Cc1c(CC2=CC3C=CC=CC3=NC2=O)cnn1C. The number of carbonyl (C=O) groups is 1. The molecule has 1 amide bonds. The lowest BCUT2D eigenvalue weighted by molar-refractivity contribution is -0.114. The van der Waals surface area contributed by atoms with Gasteiger partial charge in [-0.25, -0.2) is 4.99 Å². The number of amides is 1. The number of aryl methyl sites for hydroxylation is 1. The average molecular weight is 253 g/mol. The molecule has 1 aromatic heterocycles. The van der Waals surface area contributed by atoms with Crippen LogP contribution in [0.4, 0.5) is 0 Å². The third-order valence-electron chi connectivity index (χ3n) is 3.64. The van der Waals surface area contributed by atoms with Crippen LogP contribution < -0.4 is 0 Å². The Kier molecular flexibility index (Phi) is 2.78. The summed E-state index contributed by atoms with van der Waals surface area (Å²) in [5.74, 6) is 0.00382. The van der Waals surface area contributed by atoms with Crippen LogP contribution in [0.3, 0.4) is 0 Å². The van der Waals surface area contributed by atoms with Gasteiger partial charge in [-0.15, -0.1) is 0 Å². The van der Waals surface area contributed by atoms with Crippen molar-refractivity contribution >= 4 is 11.6 Å². The maximum absolute atomic E-state index is 12.0. The van der Waals surface area contributed by atoms with Gasteiger partial charge in [-0.2, -0.15) is 5.10 Å². The van der Waals surface area contributed by atoms with E-state index in [1.165, 1.54) is 0 Å². The Morgan fingerprint density at radius 3 is 2.95 bits per heavy atom. The number of hydrogen-bond donors (Lipinski definition) is 0. The quantitative estimate of drug-likeness (QED) is 0.808. The molecule has 2 heterocycles. The Morgan fingerprint density at radius 1 is 1.37 bits per heavy atom. The first-order valence-electron chi connectivity index (χ1n) is 6.31. The monoisotopic (exact) mass is 253 g/mol. The summed E-state index contributed by atoms with van der Waals surface area (Å²) in [4.78, 5) is 16.2. The summed E-state index contributed by atoms with van der Waals surface area (Å²) in [5, 5.41) is 4.21. The van der Waals surface area contributed by atoms with Gasteiger partial charge < -0.3 is 0 Å². The Hall–Kier alpha value is -2.23. The molecular formula is C15H15N3O. The molecule has 1 aromatic rings. The molecule has 0 saturated heterocycles. The number of allylic oxidation sites excluding steroid dienone is 5. The molecule has 96 valence electrons. The van der Waals surface area contributed by atoms with E-state index < -0.39 is 0 Å². The van der Waals surface area contributed by atoms with Gasteiger partial charge in [-0.05, 0) is 18.6 Å². The summed E-state index contributed by atoms with van der Waals surface area (Å²) < 4.78 is 1.82. The highest BCUT2D eigenvalue weighted by Crippen LogP contribution is 2.23. The largest absolute Gasteiger partial charge is 0.273 e. The first-order chi connectivity index (χ1) is 9.15. The molecule has 0 radical (unpaired) electrons. The van der Waals surface area contributed by atoms with Gasteiger partial charge in [0.25, 0.3) is 5.91 Å². The van der Waals surface area contributed by atoms with Crippen LogP contribution in [0.1, 0.15) is 11.3 Å². The van der Waals surface area contributed by atoms with Crippen LogP contribution in [0.2, 0.25) is 0 Å². The molecule has 1 aliphatic carbocycles. The Bertz CT molecular complexity index is 659. The van der Waals surface area contributed by atoms with Crippen molar-refractivity contribution in [2.75, 3.05) is 0 Å². The summed E-state index contributed by atoms with van der Waals surface area (Å²) in [7, 11) is 1.90. The molecule has 4 nitrogen and oxygen atoms in total. The number of carbonyl (C=O) groups excluding carboxylic acids is 1. The highest BCUT2D eigenvalue weighted by atomic mass is 16.1. The summed E-state index contributed by atoms with van der Waals surface area (Å²) in [6.07, 6.45) is 12.3. The zero-order valence-corrected chi connectivity index (χ0v) is 11.0. The van der Waals surface area contributed by atoms with Crippen LogP contribution in [0.5, 0.6) is 0 Å². The van der Waals surface area contributed by atoms with Crippen molar-refractivity contribution in [3.8, 4) is 0 Å². The van der Waals surface area contributed by atoms with E-state index in [-0.39, 0.29) is 11.8 Å². The highest BCUT2D eigenvalue weighted by Gasteiger charge is 2.22. The van der Waals surface area contributed by atoms with Crippen LogP contribution in [-0.4, -0.2) is 21.4 Å². The second-order valence-electron chi connectivity index (χ2n) is 4.86. The molecule has 0 spiro atoms. The van der Waals surface area contributed by atoms with Gasteiger partial charge in [-0.3, -0.25) is 9.48 Å². The standard InChI is InChI=1S/C15H15N3O/c1-10-13(9-16-18(10)2)8-12-7-11-5-3-4-6-14(11)17-15(12)19/h3-7,9,11H,8H2,1-2H3. The van der Waals surface area contributed by atoms with Crippen molar-refractivity contribution in [1.82, 2.24) is 9.78 Å². The van der Waals surface area contributed by atoms with E-state index in [2.05, 4.69) is 16.2 Å². The molecule has 1 atom stereocenters. The highest BCUT2D eigenvalue weighted by molar-refractivity contribution is 6.13. The Labute approximate surface area is 111 Å². The first-order valence-corrected chi connectivity index (χ1v) is 6.31. The van der Waals surface area contributed by atoms with Crippen molar-refractivity contribution in [2.45, 2.75) is 13.3 Å². The topological polar surface area (TPSA) is 47.2 Å². The molecule has 2 aliphatic rings. The van der Waals surface area contributed by atoms with E-state index >= 15 is 0 Å². The summed E-state index contributed by atoms with van der Waals surface area (Å²) in [6.45, 7) is 2.01. The van der Waals surface area contributed by atoms with Crippen molar-refractivity contribution in [3.05, 3.63) is 53.4 Å². The fraction of sp³-hybridized carbons (Fsp3) is 0.267. The molecule has 0 saturated carbocycles. The van der Waals surface area contributed by atoms with Gasteiger partial charge in [0.05, 0.1) is 11.9 Å². The van der Waals surface area contributed by atoms with Crippen LogP contribution in [0, 0.1) is 12.8 Å². The Morgan fingerprint density at radius 2 is 2.21 bits per heavy atom. The van der Waals surface area contributed by atoms with Gasteiger partial charge in [0, 0.05) is 30.7 Å². The van der Waals surface area contributed by atoms with E-state index in [1.807, 2.05) is 49.2 Å². The van der Waals surface area contributed by atoms with Crippen molar-refractivity contribution < 1.29 is 4.79 Å². The van der Waals surface area contributed by atoms with Gasteiger partial charge in [0.2, 0.25) is 0 Å². The van der Waals surface area contributed by atoms with E-state index in [0.29, 0.717) is 6.42 Å². The fourth-order valence-corrected chi connectivity index (χ4v) is 2.33. The predicted molar refractivity (Wildman–Crippen MR) is 73.9 cm³/mol. The minimum Gasteiger partial charge on any atom is -0.273 e. The molecule has 19 heavy (non-hydrogen) atoms. The van der Waals surface area contributed by atoms with Crippen LogP contribution in [-0.2, 0) is 18.3 Å². The van der Waals surface area contributed by atoms with Gasteiger partial charge in [0.1, 0.15) is 0 Å². The zero-order valence-electron chi connectivity index (χ0n) is 11.0. The molecule has 0 aromatic carbocycles. The fourth-order valence-electron chi connectivity index (χ4n) is 2.33. The molecular weight excluding hydrogens is 238 g/mol. The van der Waals surface area contributed by atoms with E-state index in [4.69, 9.17) is 0 Å². The lowest BCUT2D eigenvalue weighted by Crippen LogP contribution is -2.20. The lowest BCUT2D eigenvalue weighted by atomic mass is 9.91. The summed E-state index contributed by atoms with van der Waals surface area (Å²) in [5.41, 5.74) is 3.75. The van der Waals surface area contributed by atoms with E-state index in [0.717, 1.165) is 22.5 Å². The van der Waals surface area contributed by atoms with Gasteiger partial charge in [0.15, 0.2) is 0 Å². The number of aromatic nitrogens is 2. The van der Waals surface area contributed by atoms with Crippen molar-refractivity contribution in [3.63, 3.8) is 0 Å². The first kappa shape index (κ1) is 11.8. The number of aliphatic imine (C=N–C) groups is 1. The minimum absolute atomic E-state index is 0.130.